The summed E-state index contributed by atoms with van der Waals surface area (Å²) in [6.07, 6.45) is 1.63. The number of aromatic nitrogens is 1. The molecule has 5 heteroatoms. The fourth-order valence-corrected chi connectivity index (χ4v) is 2.42. The van der Waals surface area contributed by atoms with Gasteiger partial charge in [0.05, 0.1) is 17.6 Å². The van der Waals surface area contributed by atoms with Gasteiger partial charge in [0, 0.05) is 17.1 Å². The first kappa shape index (κ1) is 13.3. The second-order valence-corrected chi connectivity index (χ2v) is 4.69. The summed E-state index contributed by atoms with van der Waals surface area (Å²) in [4.78, 5) is 11.3. The van der Waals surface area contributed by atoms with Crippen molar-refractivity contribution in [2.75, 3.05) is 0 Å². The summed E-state index contributed by atoms with van der Waals surface area (Å²) in [5, 5.41) is 9.95. The zero-order chi connectivity index (χ0) is 15.0. The summed E-state index contributed by atoms with van der Waals surface area (Å²) in [5.74, 6) is -2.37. The molecule has 1 aromatic heterocycles. The molecule has 3 rings (SSSR count). The normalized spacial score (nSPS) is 11.0. The Hall–Kier alpha value is -2.69. The van der Waals surface area contributed by atoms with Gasteiger partial charge in [0.25, 0.3) is 0 Å². The predicted molar refractivity (Wildman–Crippen MR) is 74.4 cm³/mol. The van der Waals surface area contributed by atoms with Gasteiger partial charge in [-0.1, -0.05) is 18.2 Å². The molecule has 1 heterocycles. The molecule has 0 fully saturated rings. The molecule has 0 aliphatic heterocycles. The number of fused-ring (bicyclic) bond motifs is 1. The lowest BCUT2D eigenvalue weighted by molar-refractivity contribution is 0.0698. The Morgan fingerprint density at radius 3 is 2.38 bits per heavy atom. The van der Waals surface area contributed by atoms with Crippen LogP contribution in [0.1, 0.15) is 15.9 Å². The third kappa shape index (κ3) is 2.27. The highest BCUT2D eigenvalue weighted by molar-refractivity contribution is 6.02. The van der Waals surface area contributed by atoms with E-state index in [1.165, 1.54) is 24.3 Å². The summed E-state index contributed by atoms with van der Waals surface area (Å²) >= 11 is 0. The van der Waals surface area contributed by atoms with Crippen molar-refractivity contribution in [3.63, 3.8) is 0 Å². The summed E-state index contributed by atoms with van der Waals surface area (Å²) in [7, 11) is 0. The maximum absolute atomic E-state index is 13.7. The van der Waals surface area contributed by atoms with E-state index in [2.05, 4.69) is 0 Å². The van der Waals surface area contributed by atoms with Crippen molar-refractivity contribution in [1.82, 2.24) is 4.57 Å². The Labute approximate surface area is 119 Å². The molecule has 0 unspecified atom stereocenters. The highest BCUT2D eigenvalue weighted by Crippen LogP contribution is 2.23. The molecule has 0 atom stereocenters. The van der Waals surface area contributed by atoms with E-state index in [1.54, 1.807) is 29.0 Å². The Bertz CT molecular complexity index is 819. The summed E-state index contributed by atoms with van der Waals surface area (Å²) in [5.41, 5.74) is 0.470. The van der Waals surface area contributed by atoms with Crippen molar-refractivity contribution in [3.8, 4) is 0 Å². The molecule has 0 spiro atoms. The number of para-hydroxylation sites is 1. The first-order valence-corrected chi connectivity index (χ1v) is 6.32. The van der Waals surface area contributed by atoms with Gasteiger partial charge >= 0.3 is 5.97 Å². The molecule has 106 valence electrons. The SMILES string of the molecule is O=C(O)c1cccc2ccn(Cc3c(F)cccc3F)c12. The van der Waals surface area contributed by atoms with Crippen molar-refractivity contribution in [1.29, 1.82) is 0 Å². The van der Waals surface area contributed by atoms with Crippen LogP contribution in [0.4, 0.5) is 8.78 Å². The smallest absolute Gasteiger partial charge is 0.337 e. The van der Waals surface area contributed by atoms with Gasteiger partial charge in [0.1, 0.15) is 11.6 Å². The number of carboxylic acids is 1. The quantitative estimate of drug-likeness (QED) is 0.798. The third-order valence-corrected chi connectivity index (χ3v) is 3.41. The number of halogens is 2. The average molecular weight is 287 g/mol. The van der Waals surface area contributed by atoms with Crippen LogP contribution in [-0.4, -0.2) is 15.6 Å². The zero-order valence-electron chi connectivity index (χ0n) is 10.9. The first-order valence-electron chi connectivity index (χ1n) is 6.32. The van der Waals surface area contributed by atoms with Gasteiger partial charge in [-0.3, -0.25) is 0 Å². The van der Waals surface area contributed by atoms with E-state index < -0.39 is 17.6 Å². The van der Waals surface area contributed by atoms with Crippen LogP contribution in [0.2, 0.25) is 0 Å². The number of carboxylic acid groups (broad SMARTS) is 1. The number of carbonyl (C=O) groups is 1. The van der Waals surface area contributed by atoms with E-state index in [0.717, 1.165) is 0 Å². The lowest BCUT2D eigenvalue weighted by Crippen LogP contribution is -2.06. The van der Waals surface area contributed by atoms with Crippen molar-refractivity contribution in [2.24, 2.45) is 0 Å². The summed E-state index contributed by atoms with van der Waals surface area (Å²) in [6.45, 7) is -0.0632. The van der Waals surface area contributed by atoms with Crippen LogP contribution in [0.25, 0.3) is 10.9 Å². The molecule has 2 aromatic carbocycles. The van der Waals surface area contributed by atoms with Crippen LogP contribution < -0.4 is 0 Å². The summed E-state index contributed by atoms with van der Waals surface area (Å²) < 4.78 is 29.0. The Morgan fingerprint density at radius 2 is 1.71 bits per heavy atom. The Kier molecular flexibility index (Phi) is 3.17. The number of aromatic carboxylic acids is 1. The van der Waals surface area contributed by atoms with E-state index in [-0.39, 0.29) is 17.7 Å². The van der Waals surface area contributed by atoms with Gasteiger partial charge in [-0.25, -0.2) is 13.6 Å². The van der Waals surface area contributed by atoms with Crippen LogP contribution in [0.15, 0.2) is 48.7 Å². The van der Waals surface area contributed by atoms with Crippen molar-refractivity contribution >= 4 is 16.9 Å². The van der Waals surface area contributed by atoms with Crippen molar-refractivity contribution in [2.45, 2.75) is 6.54 Å². The molecule has 21 heavy (non-hydrogen) atoms. The molecule has 0 aliphatic rings. The van der Waals surface area contributed by atoms with E-state index in [4.69, 9.17) is 0 Å². The average Bonchev–Trinajstić information content (AvgIpc) is 2.86. The lowest BCUT2D eigenvalue weighted by atomic mass is 10.1. The minimum atomic E-state index is -1.07. The van der Waals surface area contributed by atoms with Gasteiger partial charge in [-0.05, 0) is 24.3 Å². The monoisotopic (exact) mass is 287 g/mol. The molecular formula is C16H11F2NO2. The van der Waals surface area contributed by atoms with E-state index in [1.807, 2.05) is 0 Å². The second-order valence-electron chi connectivity index (χ2n) is 4.69. The van der Waals surface area contributed by atoms with Gasteiger partial charge < -0.3 is 9.67 Å². The van der Waals surface area contributed by atoms with Crippen LogP contribution in [-0.2, 0) is 6.54 Å². The molecule has 0 saturated carbocycles. The zero-order valence-corrected chi connectivity index (χ0v) is 10.9. The topological polar surface area (TPSA) is 42.2 Å². The van der Waals surface area contributed by atoms with Crippen LogP contribution in [0, 0.1) is 11.6 Å². The largest absolute Gasteiger partial charge is 0.478 e. The molecule has 0 amide bonds. The maximum atomic E-state index is 13.7. The molecular weight excluding hydrogens is 276 g/mol. The predicted octanol–water partition coefficient (Wildman–Crippen LogP) is 3.67. The van der Waals surface area contributed by atoms with Crippen LogP contribution in [0.3, 0.4) is 0 Å². The van der Waals surface area contributed by atoms with Gasteiger partial charge in [0.15, 0.2) is 0 Å². The van der Waals surface area contributed by atoms with E-state index >= 15 is 0 Å². The molecule has 0 radical (unpaired) electrons. The maximum Gasteiger partial charge on any atom is 0.337 e. The number of benzene rings is 2. The molecule has 0 saturated heterocycles. The minimum Gasteiger partial charge on any atom is -0.478 e. The number of hydrogen-bond donors (Lipinski definition) is 1. The fourth-order valence-electron chi connectivity index (χ4n) is 2.42. The van der Waals surface area contributed by atoms with Crippen molar-refractivity contribution in [3.05, 3.63) is 71.4 Å². The minimum absolute atomic E-state index is 0.0632. The summed E-state index contributed by atoms with van der Waals surface area (Å²) in [6, 6.07) is 10.3. The molecule has 0 bridgehead atoms. The van der Waals surface area contributed by atoms with E-state index in [9.17, 15) is 18.7 Å². The standard InChI is InChI=1S/C16H11F2NO2/c17-13-5-2-6-14(18)12(13)9-19-8-7-10-3-1-4-11(15(10)19)16(20)21/h1-8H,9H2,(H,20,21). The van der Waals surface area contributed by atoms with Gasteiger partial charge in [0.2, 0.25) is 0 Å². The molecule has 3 aromatic rings. The molecule has 1 N–H and O–H groups in total. The third-order valence-electron chi connectivity index (χ3n) is 3.41. The second kappa shape index (κ2) is 5.01. The Balaban J connectivity index is 2.16. The lowest BCUT2D eigenvalue weighted by Gasteiger charge is -2.09. The number of hydrogen-bond acceptors (Lipinski definition) is 1. The molecule has 3 nitrogen and oxygen atoms in total. The highest BCUT2D eigenvalue weighted by atomic mass is 19.1. The Morgan fingerprint density at radius 1 is 1.05 bits per heavy atom. The van der Waals surface area contributed by atoms with E-state index in [0.29, 0.717) is 10.9 Å². The van der Waals surface area contributed by atoms with Crippen molar-refractivity contribution < 1.29 is 18.7 Å². The van der Waals surface area contributed by atoms with Crippen LogP contribution >= 0.6 is 0 Å². The van der Waals surface area contributed by atoms with Gasteiger partial charge in [-0.2, -0.15) is 0 Å². The highest BCUT2D eigenvalue weighted by Gasteiger charge is 2.15. The van der Waals surface area contributed by atoms with Crippen LogP contribution in [0.5, 0.6) is 0 Å². The number of nitrogens with zero attached hydrogens (tertiary/aromatic N) is 1. The van der Waals surface area contributed by atoms with Gasteiger partial charge in [-0.15, -0.1) is 0 Å². The number of rotatable bonds is 3. The molecule has 0 aliphatic carbocycles. The fraction of sp³-hybridized carbons (Fsp3) is 0.0625. The first-order chi connectivity index (χ1) is 10.1.